The second kappa shape index (κ2) is 6.33. The molecule has 1 rings (SSSR count). The third-order valence-electron chi connectivity index (χ3n) is 2.38. The number of rotatable bonds is 4. The summed E-state index contributed by atoms with van der Waals surface area (Å²) >= 11 is 5.84. The summed E-state index contributed by atoms with van der Waals surface area (Å²) in [4.78, 5) is 12.6. The van der Waals surface area contributed by atoms with Crippen molar-refractivity contribution in [3.05, 3.63) is 50.7 Å². The number of nitrogens with zero attached hydrogens (tertiary/aromatic N) is 3. The second-order valence-corrected chi connectivity index (χ2v) is 4.92. The number of nitro groups is 1. The van der Waals surface area contributed by atoms with Crippen LogP contribution < -0.4 is 0 Å². The zero-order valence-electron chi connectivity index (χ0n) is 11.4. The molecule has 0 amide bonds. The van der Waals surface area contributed by atoms with E-state index < -0.39 is 0 Å². The predicted molar refractivity (Wildman–Crippen MR) is 77.2 cm³/mol. The van der Waals surface area contributed by atoms with E-state index in [1.165, 1.54) is 6.21 Å². The van der Waals surface area contributed by atoms with Gasteiger partial charge in [-0.2, -0.15) is 0 Å². The van der Waals surface area contributed by atoms with Gasteiger partial charge < -0.3 is 4.90 Å². The lowest BCUT2D eigenvalue weighted by molar-refractivity contribution is -0.473. The van der Waals surface area contributed by atoms with Gasteiger partial charge in [-0.25, -0.2) is 4.58 Å². The topological polar surface area (TPSA) is 49.4 Å². The molecule has 0 aliphatic rings. The Kier molecular flexibility index (Phi) is 5.06. The molecule has 1 aromatic carbocycles. The molecule has 0 atom stereocenters. The molecular weight excluding hydrogens is 266 g/mol. The molecule has 0 aliphatic heterocycles. The highest BCUT2D eigenvalue weighted by atomic mass is 35.5. The zero-order chi connectivity index (χ0) is 14.6. The van der Waals surface area contributed by atoms with Crippen LogP contribution in [0.5, 0.6) is 0 Å². The minimum atomic E-state index is -0.385. The molecular formula is C13H17ClN3O2+. The predicted octanol–water partition coefficient (Wildman–Crippen LogP) is 2.19. The van der Waals surface area contributed by atoms with Crippen LogP contribution in [-0.2, 0) is 0 Å². The van der Waals surface area contributed by atoms with Gasteiger partial charge in [0.2, 0.25) is 6.21 Å². The lowest BCUT2D eigenvalue weighted by Crippen LogP contribution is -2.19. The molecule has 6 heteroatoms. The third kappa shape index (κ3) is 4.06. The summed E-state index contributed by atoms with van der Waals surface area (Å²) in [6.07, 6.45) is 1.49. The molecule has 0 bridgehead atoms. The van der Waals surface area contributed by atoms with E-state index in [1.54, 1.807) is 61.9 Å². The van der Waals surface area contributed by atoms with E-state index in [-0.39, 0.29) is 10.6 Å². The molecule has 5 nitrogen and oxygen atoms in total. The zero-order valence-corrected chi connectivity index (χ0v) is 12.2. The van der Waals surface area contributed by atoms with Crippen molar-refractivity contribution in [1.29, 1.82) is 0 Å². The van der Waals surface area contributed by atoms with Crippen molar-refractivity contribution in [3.63, 3.8) is 0 Å². The molecule has 0 aliphatic carbocycles. The molecule has 1 aromatic rings. The van der Waals surface area contributed by atoms with Gasteiger partial charge in [-0.05, 0) is 12.1 Å². The lowest BCUT2D eigenvalue weighted by atomic mass is 10.1. The van der Waals surface area contributed by atoms with Crippen molar-refractivity contribution in [2.75, 3.05) is 28.2 Å². The summed E-state index contributed by atoms with van der Waals surface area (Å²) in [5, 5.41) is 11.9. The molecule has 0 heterocycles. The highest BCUT2D eigenvalue weighted by molar-refractivity contribution is 6.30. The number of halogens is 1. The largest absolute Gasteiger partial charge is 0.371 e. The fourth-order valence-electron chi connectivity index (χ4n) is 1.68. The second-order valence-electron chi connectivity index (χ2n) is 4.48. The van der Waals surface area contributed by atoms with Crippen molar-refractivity contribution in [1.82, 2.24) is 4.90 Å². The van der Waals surface area contributed by atoms with Crippen LogP contribution in [0.4, 0.5) is 0 Å². The van der Waals surface area contributed by atoms with Crippen molar-refractivity contribution in [3.8, 4) is 0 Å². The molecule has 0 N–H and O–H groups in total. The maximum absolute atomic E-state index is 11.3. The van der Waals surface area contributed by atoms with Gasteiger partial charge in [-0.1, -0.05) is 23.7 Å². The average Bonchev–Trinajstić information content (AvgIpc) is 2.29. The number of hydrogen-bond acceptors (Lipinski definition) is 3. The van der Waals surface area contributed by atoms with E-state index in [9.17, 15) is 10.1 Å². The fourth-order valence-corrected chi connectivity index (χ4v) is 1.81. The smallest absolute Gasteiger partial charge is 0.355 e. The van der Waals surface area contributed by atoms with Gasteiger partial charge in [0, 0.05) is 24.7 Å². The van der Waals surface area contributed by atoms with Crippen molar-refractivity contribution < 1.29 is 9.50 Å². The monoisotopic (exact) mass is 282 g/mol. The van der Waals surface area contributed by atoms with Crippen LogP contribution in [0.15, 0.2) is 30.0 Å². The maximum atomic E-state index is 11.3. The molecule has 0 fully saturated rings. The first kappa shape index (κ1) is 15.2. The first-order valence-electron chi connectivity index (χ1n) is 5.66. The Balaban J connectivity index is 3.51. The van der Waals surface area contributed by atoms with Crippen LogP contribution >= 0.6 is 11.6 Å². The molecule has 19 heavy (non-hydrogen) atoms. The molecule has 0 spiro atoms. The molecule has 0 radical (unpaired) electrons. The summed E-state index contributed by atoms with van der Waals surface area (Å²) in [5.41, 5.74) is 1.33. The molecule has 0 saturated heterocycles. The van der Waals surface area contributed by atoms with Crippen LogP contribution in [0.2, 0.25) is 5.02 Å². The van der Waals surface area contributed by atoms with Crippen molar-refractivity contribution in [2.24, 2.45) is 0 Å². The van der Waals surface area contributed by atoms with E-state index in [2.05, 4.69) is 0 Å². The van der Waals surface area contributed by atoms with Gasteiger partial charge in [0.05, 0.1) is 4.92 Å². The van der Waals surface area contributed by atoms with E-state index >= 15 is 0 Å². The fraction of sp³-hybridized carbons (Fsp3) is 0.308. The first-order valence-corrected chi connectivity index (χ1v) is 6.04. The average molecular weight is 283 g/mol. The van der Waals surface area contributed by atoms with Gasteiger partial charge >= 0.3 is 5.70 Å². The Morgan fingerprint density at radius 3 is 2.16 bits per heavy atom. The SMILES string of the molecule is CN(C)/C(=C(/C=[N+](C)C)[N+](=O)[O-])c1ccc(Cl)cc1. The highest BCUT2D eigenvalue weighted by Gasteiger charge is 2.23. The molecule has 102 valence electrons. The van der Waals surface area contributed by atoms with Crippen molar-refractivity contribution >= 4 is 23.5 Å². The summed E-state index contributed by atoms with van der Waals surface area (Å²) in [5.74, 6) is 0. The summed E-state index contributed by atoms with van der Waals surface area (Å²) < 4.78 is 1.65. The highest BCUT2D eigenvalue weighted by Crippen LogP contribution is 2.22. The summed E-state index contributed by atoms with van der Waals surface area (Å²) in [6, 6.07) is 6.97. The quantitative estimate of drug-likeness (QED) is 0.368. The third-order valence-corrected chi connectivity index (χ3v) is 2.64. The van der Waals surface area contributed by atoms with Gasteiger partial charge in [0.15, 0.2) is 0 Å². The Labute approximate surface area is 117 Å². The van der Waals surface area contributed by atoms with Crippen LogP contribution in [0, 0.1) is 10.1 Å². The van der Waals surface area contributed by atoms with Crippen molar-refractivity contribution in [2.45, 2.75) is 0 Å². The lowest BCUT2D eigenvalue weighted by Gasteiger charge is -2.16. The Hall–Kier alpha value is -1.88. The number of hydrogen-bond donors (Lipinski definition) is 0. The molecule has 0 saturated carbocycles. The van der Waals surface area contributed by atoms with E-state index in [4.69, 9.17) is 11.6 Å². The summed E-state index contributed by atoms with van der Waals surface area (Å²) in [6.45, 7) is 0. The minimum Gasteiger partial charge on any atom is -0.371 e. The minimum absolute atomic E-state index is 0.0392. The molecule has 0 unspecified atom stereocenters. The van der Waals surface area contributed by atoms with E-state index in [0.29, 0.717) is 10.7 Å². The van der Waals surface area contributed by atoms with Gasteiger partial charge in [0.1, 0.15) is 19.8 Å². The first-order chi connectivity index (χ1) is 8.82. The normalized spacial score (nSPS) is 11.6. The standard InChI is InChI=1S/C13H17ClN3O2/c1-15(2)9-12(17(18)19)13(16(3)4)10-5-7-11(14)8-6-10/h5-9H,1-4H3/q+1. The van der Waals surface area contributed by atoms with E-state index in [1.807, 2.05) is 0 Å². The van der Waals surface area contributed by atoms with Crippen LogP contribution in [0.25, 0.3) is 5.70 Å². The molecule has 0 aromatic heterocycles. The Bertz CT molecular complexity index is 529. The maximum Gasteiger partial charge on any atom is 0.355 e. The number of allylic oxidation sites excluding steroid dienone is 1. The Morgan fingerprint density at radius 1 is 1.26 bits per heavy atom. The van der Waals surface area contributed by atoms with Gasteiger partial charge in [0.25, 0.3) is 0 Å². The van der Waals surface area contributed by atoms with Gasteiger partial charge in [-0.3, -0.25) is 10.1 Å². The van der Waals surface area contributed by atoms with Crippen LogP contribution in [0.3, 0.4) is 0 Å². The summed E-state index contributed by atoms with van der Waals surface area (Å²) in [7, 11) is 7.05. The Morgan fingerprint density at radius 2 is 1.79 bits per heavy atom. The van der Waals surface area contributed by atoms with Crippen LogP contribution in [0.1, 0.15) is 5.56 Å². The van der Waals surface area contributed by atoms with E-state index in [0.717, 1.165) is 5.56 Å². The van der Waals surface area contributed by atoms with Crippen LogP contribution in [-0.4, -0.2) is 48.8 Å². The number of benzene rings is 1. The van der Waals surface area contributed by atoms with Gasteiger partial charge in [-0.15, -0.1) is 0 Å².